The van der Waals surface area contributed by atoms with Gasteiger partial charge in [-0.1, -0.05) is 23.8 Å². The first kappa shape index (κ1) is 16.5. The van der Waals surface area contributed by atoms with Crippen LogP contribution < -0.4 is 5.32 Å². The van der Waals surface area contributed by atoms with Crippen LogP contribution in [0, 0.1) is 11.7 Å². The maximum absolute atomic E-state index is 13.0. The molecule has 0 saturated heterocycles. The van der Waals surface area contributed by atoms with Gasteiger partial charge in [-0.15, -0.1) is 0 Å². The molecule has 0 aliphatic heterocycles. The average Bonchev–Trinajstić information content (AvgIpc) is 2.95. The number of anilines is 1. The van der Waals surface area contributed by atoms with Crippen molar-refractivity contribution in [1.82, 2.24) is 0 Å². The molecule has 0 bridgehead atoms. The molecule has 0 saturated carbocycles. The van der Waals surface area contributed by atoms with Gasteiger partial charge in [-0.25, -0.2) is 4.39 Å². The lowest BCUT2D eigenvalue weighted by molar-refractivity contribution is -0.153. The van der Waals surface area contributed by atoms with Crippen molar-refractivity contribution < 1.29 is 18.7 Å². The molecule has 2 rings (SSSR count). The number of carbonyl (C=O) groups is 2. The van der Waals surface area contributed by atoms with E-state index < -0.39 is 23.8 Å². The lowest BCUT2D eigenvalue weighted by Gasteiger charge is -2.15. The fourth-order valence-corrected chi connectivity index (χ4v) is 2.38. The summed E-state index contributed by atoms with van der Waals surface area (Å²) in [6.45, 7) is 1.49. The largest absolute Gasteiger partial charge is 0.453 e. The molecule has 1 aliphatic carbocycles. The second kappa shape index (κ2) is 7.40. The van der Waals surface area contributed by atoms with Gasteiger partial charge < -0.3 is 10.1 Å². The van der Waals surface area contributed by atoms with Crippen molar-refractivity contribution in [2.75, 3.05) is 5.32 Å². The fourth-order valence-electron chi connectivity index (χ4n) is 2.20. The van der Waals surface area contributed by atoms with Crippen LogP contribution in [0.5, 0.6) is 0 Å². The van der Waals surface area contributed by atoms with Gasteiger partial charge in [0.1, 0.15) is 5.82 Å². The predicted octanol–water partition coefficient (Wildman–Crippen LogP) is 3.71. The van der Waals surface area contributed by atoms with E-state index in [1.165, 1.54) is 19.1 Å². The molecule has 1 aliphatic rings. The van der Waals surface area contributed by atoms with E-state index in [1.807, 2.05) is 12.2 Å². The summed E-state index contributed by atoms with van der Waals surface area (Å²) in [7, 11) is 0. The van der Waals surface area contributed by atoms with Gasteiger partial charge in [-0.3, -0.25) is 9.59 Å². The number of esters is 1. The van der Waals surface area contributed by atoms with Crippen molar-refractivity contribution in [3.63, 3.8) is 0 Å². The summed E-state index contributed by atoms with van der Waals surface area (Å²) in [5, 5.41) is 2.44. The van der Waals surface area contributed by atoms with E-state index in [-0.39, 0.29) is 17.4 Å². The third-order valence-corrected chi connectivity index (χ3v) is 3.70. The maximum atomic E-state index is 13.0. The molecule has 1 N–H and O–H groups in total. The quantitative estimate of drug-likeness (QED) is 0.663. The van der Waals surface area contributed by atoms with Gasteiger partial charge in [0, 0.05) is 5.69 Å². The van der Waals surface area contributed by atoms with Crippen molar-refractivity contribution in [2.24, 2.45) is 5.92 Å². The Labute approximate surface area is 133 Å². The van der Waals surface area contributed by atoms with Gasteiger partial charge in [-0.2, -0.15) is 0 Å². The molecule has 0 unspecified atom stereocenters. The molecule has 0 fully saturated rings. The number of carbonyl (C=O) groups excluding carboxylic acids is 2. The zero-order valence-corrected chi connectivity index (χ0v) is 12.9. The van der Waals surface area contributed by atoms with Gasteiger partial charge in [-0.05, 0) is 43.9 Å². The Balaban J connectivity index is 1.84. The van der Waals surface area contributed by atoms with E-state index in [1.54, 1.807) is 0 Å². The first-order valence-electron chi connectivity index (χ1n) is 7.08. The van der Waals surface area contributed by atoms with Crippen molar-refractivity contribution in [1.29, 1.82) is 0 Å². The van der Waals surface area contributed by atoms with Crippen LogP contribution in [-0.2, 0) is 14.3 Å². The summed E-state index contributed by atoms with van der Waals surface area (Å²) >= 11 is 5.64. The summed E-state index contributed by atoms with van der Waals surface area (Å²) in [5.41, 5.74) is 0.345. The molecule has 1 aromatic rings. The monoisotopic (exact) mass is 325 g/mol. The van der Waals surface area contributed by atoms with E-state index in [2.05, 4.69) is 5.32 Å². The highest BCUT2D eigenvalue weighted by Gasteiger charge is 2.21. The second-order valence-electron chi connectivity index (χ2n) is 5.22. The molecule has 1 aromatic carbocycles. The highest BCUT2D eigenvalue weighted by Crippen LogP contribution is 2.22. The standard InChI is InChI=1S/C16H17ClFNO3/c1-10(22-15(20)8-11-4-2-3-5-11)16(21)19-12-6-7-14(18)13(17)9-12/h2,4,6-7,9-11H,3,5,8H2,1H3,(H,19,21)/t10-,11-/m0/s1. The zero-order chi connectivity index (χ0) is 16.1. The van der Waals surface area contributed by atoms with Crippen LogP contribution in [0.1, 0.15) is 26.2 Å². The Morgan fingerprint density at radius 3 is 2.91 bits per heavy atom. The zero-order valence-electron chi connectivity index (χ0n) is 12.1. The van der Waals surface area contributed by atoms with Crippen LogP contribution in [0.2, 0.25) is 5.02 Å². The number of halogens is 2. The minimum atomic E-state index is -0.929. The van der Waals surface area contributed by atoms with E-state index in [4.69, 9.17) is 16.3 Å². The predicted molar refractivity (Wildman–Crippen MR) is 82.1 cm³/mol. The average molecular weight is 326 g/mol. The van der Waals surface area contributed by atoms with E-state index in [0.29, 0.717) is 5.69 Å². The summed E-state index contributed by atoms with van der Waals surface area (Å²) in [6.07, 6.45) is 5.28. The van der Waals surface area contributed by atoms with Crippen LogP contribution in [0.25, 0.3) is 0 Å². The van der Waals surface area contributed by atoms with Crippen LogP contribution >= 0.6 is 11.6 Å². The molecule has 22 heavy (non-hydrogen) atoms. The molecule has 2 atom stereocenters. The normalized spacial score (nSPS) is 18.0. The smallest absolute Gasteiger partial charge is 0.307 e. The maximum Gasteiger partial charge on any atom is 0.307 e. The van der Waals surface area contributed by atoms with Gasteiger partial charge in [0.2, 0.25) is 0 Å². The summed E-state index contributed by atoms with van der Waals surface area (Å²) < 4.78 is 18.1. The van der Waals surface area contributed by atoms with Gasteiger partial charge in [0.25, 0.3) is 5.91 Å². The van der Waals surface area contributed by atoms with E-state index in [9.17, 15) is 14.0 Å². The van der Waals surface area contributed by atoms with Crippen molar-refractivity contribution >= 4 is 29.2 Å². The number of nitrogens with one attached hydrogen (secondary N) is 1. The van der Waals surface area contributed by atoms with E-state index >= 15 is 0 Å². The Kier molecular flexibility index (Phi) is 5.55. The highest BCUT2D eigenvalue weighted by molar-refractivity contribution is 6.31. The first-order chi connectivity index (χ1) is 10.5. The van der Waals surface area contributed by atoms with Crippen molar-refractivity contribution in [3.05, 3.63) is 41.2 Å². The number of benzene rings is 1. The van der Waals surface area contributed by atoms with Gasteiger partial charge >= 0.3 is 5.97 Å². The Morgan fingerprint density at radius 1 is 1.50 bits per heavy atom. The minimum Gasteiger partial charge on any atom is -0.453 e. The molecule has 0 aromatic heterocycles. The fraction of sp³-hybridized carbons (Fsp3) is 0.375. The molecule has 0 spiro atoms. The number of ether oxygens (including phenoxy) is 1. The summed E-state index contributed by atoms with van der Waals surface area (Å²) in [4.78, 5) is 23.7. The van der Waals surface area contributed by atoms with Crippen LogP contribution in [0.3, 0.4) is 0 Å². The minimum absolute atomic E-state index is 0.0875. The lowest BCUT2D eigenvalue weighted by atomic mass is 10.1. The molecule has 1 amide bonds. The topological polar surface area (TPSA) is 55.4 Å². The number of hydrogen-bond acceptors (Lipinski definition) is 3. The van der Waals surface area contributed by atoms with Gasteiger partial charge in [0.15, 0.2) is 6.10 Å². The van der Waals surface area contributed by atoms with Gasteiger partial charge in [0.05, 0.1) is 11.4 Å². The van der Waals surface area contributed by atoms with Crippen molar-refractivity contribution in [2.45, 2.75) is 32.3 Å². The number of hydrogen-bond donors (Lipinski definition) is 1. The first-order valence-corrected chi connectivity index (χ1v) is 7.45. The molecule has 6 heteroatoms. The Bertz CT molecular complexity index is 603. The number of allylic oxidation sites excluding steroid dienone is 2. The molecule has 0 heterocycles. The molecular weight excluding hydrogens is 309 g/mol. The molecule has 0 radical (unpaired) electrons. The van der Waals surface area contributed by atoms with Crippen LogP contribution in [0.4, 0.5) is 10.1 Å². The number of amides is 1. The summed E-state index contributed by atoms with van der Waals surface area (Å²) in [5.74, 6) is -1.27. The van der Waals surface area contributed by atoms with Crippen LogP contribution in [-0.4, -0.2) is 18.0 Å². The van der Waals surface area contributed by atoms with Crippen molar-refractivity contribution in [3.8, 4) is 0 Å². The molecular formula is C16H17ClFNO3. The Morgan fingerprint density at radius 2 is 2.27 bits per heavy atom. The Hall–Kier alpha value is -1.88. The molecule has 4 nitrogen and oxygen atoms in total. The lowest BCUT2D eigenvalue weighted by Crippen LogP contribution is -2.30. The second-order valence-corrected chi connectivity index (χ2v) is 5.63. The SMILES string of the molecule is C[C@H](OC(=O)C[C@H]1C=CCC1)C(=O)Nc1ccc(F)c(Cl)c1. The summed E-state index contributed by atoms with van der Waals surface area (Å²) in [6, 6.07) is 3.84. The van der Waals surface area contributed by atoms with Crippen LogP contribution in [0.15, 0.2) is 30.4 Å². The molecule has 118 valence electrons. The van der Waals surface area contributed by atoms with E-state index in [0.717, 1.165) is 18.9 Å². The third-order valence-electron chi connectivity index (χ3n) is 3.41. The third kappa shape index (κ3) is 4.56. The number of rotatable bonds is 5. The highest BCUT2D eigenvalue weighted by atomic mass is 35.5.